The highest BCUT2D eigenvalue weighted by Gasteiger charge is 2.11. The summed E-state index contributed by atoms with van der Waals surface area (Å²) in [4.78, 5) is 8.75. The minimum Gasteiger partial charge on any atom is -0.494 e. The molecular weight excluding hydrogens is 359 g/mol. The highest BCUT2D eigenvalue weighted by atomic mass is 35.5. The van der Waals surface area contributed by atoms with Crippen LogP contribution in [0.2, 0.25) is 5.15 Å². The summed E-state index contributed by atoms with van der Waals surface area (Å²) in [6.45, 7) is 0. The number of aromatic nitrogens is 2. The Morgan fingerprint density at radius 1 is 0.885 bits per heavy atom. The van der Waals surface area contributed by atoms with Crippen LogP contribution in [0, 0.1) is 5.82 Å². The maximum Gasteiger partial charge on any atom is 0.165 e. The molecule has 26 heavy (non-hydrogen) atoms. The molecule has 0 aliphatic rings. The van der Waals surface area contributed by atoms with Gasteiger partial charge in [-0.15, -0.1) is 0 Å². The lowest BCUT2D eigenvalue weighted by atomic mass is 10.2. The molecule has 7 heteroatoms. The number of fused-ring (bicyclic) bond motifs is 1. The first kappa shape index (κ1) is 17.9. The van der Waals surface area contributed by atoms with Crippen molar-refractivity contribution in [3.63, 3.8) is 0 Å². The van der Waals surface area contributed by atoms with Crippen molar-refractivity contribution in [1.82, 2.24) is 9.97 Å². The van der Waals surface area contributed by atoms with Crippen LogP contribution in [-0.4, -0.2) is 31.3 Å². The molecule has 0 unspecified atom stereocenters. The normalized spacial score (nSPS) is 11.1. The molecule has 3 aromatic rings. The predicted octanol–water partition coefficient (Wildman–Crippen LogP) is 4.62. The molecule has 0 saturated heterocycles. The maximum atomic E-state index is 13.5. The molecule has 0 aliphatic carbocycles. The van der Waals surface area contributed by atoms with Crippen LogP contribution in [0.25, 0.3) is 23.1 Å². The third kappa shape index (κ3) is 3.55. The van der Waals surface area contributed by atoms with E-state index < -0.39 is 5.82 Å². The molecule has 0 bridgehead atoms. The molecule has 1 aromatic heterocycles. The number of rotatable bonds is 5. The Hall–Kier alpha value is -2.86. The van der Waals surface area contributed by atoms with Gasteiger partial charge in [0.1, 0.15) is 5.15 Å². The number of hydrogen-bond acceptors (Lipinski definition) is 5. The lowest BCUT2D eigenvalue weighted by Crippen LogP contribution is -1.95. The standard InChI is InChI=1S/C19H16ClFN2O3/c1-24-15-8-11(4-6-13(15)21)5-7-18-22-14-10-17(26-3)16(25-2)9-12(14)19(20)23-18/h4-10H,1-3H3/b7-5+. The van der Waals surface area contributed by atoms with Crippen LogP contribution >= 0.6 is 11.6 Å². The molecule has 5 nitrogen and oxygen atoms in total. The van der Waals surface area contributed by atoms with E-state index in [0.717, 1.165) is 5.56 Å². The van der Waals surface area contributed by atoms with Crippen LogP contribution in [0.1, 0.15) is 11.4 Å². The van der Waals surface area contributed by atoms with E-state index in [1.54, 1.807) is 50.6 Å². The largest absolute Gasteiger partial charge is 0.494 e. The van der Waals surface area contributed by atoms with E-state index in [9.17, 15) is 4.39 Å². The van der Waals surface area contributed by atoms with Crippen LogP contribution in [0.5, 0.6) is 17.2 Å². The average molecular weight is 375 g/mol. The van der Waals surface area contributed by atoms with Gasteiger partial charge in [-0.2, -0.15) is 0 Å². The minimum atomic E-state index is -0.421. The molecule has 0 fully saturated rings. The van der Waals surface area contributed by atoms with Gasteiger partial charge in [-0.3, -0.25) is 0 Å². The maximum absolute atomic E-state index is 13.5. The minimum absolute atomic E-state index is 0.168. The van der Waals surface area contributed by atoms with Crippen LogP contribution in [-0.2, 0) is 0 Å². The number of hydrogen-bond donors (Lipinski definition) is 0. The summed E-state index contributed by atoms with van der Waals surface area (Å²) in [5.41, 5.74) is 1.37. The zero-order valence-corrected chi connectivity index (χ0v) is 15.2. The first-order chi connectivity index (χ1) is 12.5. The SMILES string of the molecule is COc1cc(/C=C/c2nc(Cl)c3cc(OC)c(OC)cc3n2)ccc1F. The number of ether oxygens (including phenoxy) is 3. The van der Waals surface area contributed by atoms with Crippen LogP contribution < -0.4 is 14.2 Å². The van der Waals surface area contributed by atoms with E-state index in [2.05, 4.69) is 9.97 Å². The first-order valence-corrected chi connectivity index (χ1v) is 8.04. The molecule has 1 heterocycles. The van der Waals surface area contributed by atoms with Crippen molar-refractivity contribution >= 4 is 34.7 Å². The van der Waals surface area contributed by atoms with E-state index in [1.165, 1.54) is 13.2 Å². The van der Waals surface area contributed by atoms with E-state index in [4.69, 9.17) is 25.8 Å². The Balaban J connectivity index is 2.00. The number of methoxy groups -OCH3 is 3. The third-order valence-electron chi connectivity index (χ3n) is 3.77. The Labute approximate surface area is 155 Å². The average Bonchev–Trinajstić information content (AvgIpc) is 2.66. The fourth-order valence-electron chi connectivity index (χ4n) is 2.46. The number of halogens is 2. The molecule has 134 valence electrons. The Morgan fingerprint density at radius 3 is 2.27 bits per heavy atom. The lowest BCUT2D eigenvalue weighted by molar-refractivity contribution is 0.356. The van der Waals surface area contributed by atoms with Gasteiger partial charge in [0, 0.05) is 11.5 Å². The van der Waals surface area contributed by atoms with Gasteiger partial charge in [-0.05, 0) is 29.8 Å². The summed E-state index contributed by atoms with van der Waals surface area (Å²) in [6, 6.07) is 8.02. The van der Waals surface area contributed by atoms with Gasteiger partial charge in [0.25, 0.3) is 0 Å². The highest BCUT2D eigenvalue weighted by molar-refractivity contribution is 6.34. The Kier molecular flexibility index (Phi) is 5.23. The van der Waals surface area contributed by atoms with Crippen molar-refractivity contribution in [2.45, 2.75) is 0 Å². The van der Waals surface area contributed by atoms with Crippen molar-refractivity contribution in [2.75, 3.05) is 21.3 Å². The van der Waals surface area contributed by atoms with E-state index >= 15 is 0 Å². The molecule has 0 radical (unpaired) electrons. The van der Waals surface area contributed by atoms with Gasteiger partial charge in [0.2, 0.25) is 0 Å². The predicted molar refractivity (Wildman–Crippen MR) is 99.5 cm³/mol. The number of benzene rings is 2. The summed E-state index contributed by atoms with van der Waals surface area (Å²) in [6.07, 6.45) is 3.44. The lowest BCUT2D eigenvalue weighted by Gasteiger charge is -2.09. The van der Waals surface area contributed by atoms with Gasteiger partial charge >= 0.3 is 0 Å². The fraction of sp³-hybridized carbons (Fsp3) is 0.158. The molecule has 0 amide bonds. The van der Waals surface area contributed by atoms with Crippen LogP contribution in [0.15, 0.2) is 30.3 Å². The van der Waals surface area contributed by atoms with Crippen molar-refractivity contribution < 1.29 is 18.6 Å². The van der Waals surface area contributed by atoms with Crippen molar-refractivity contribution in [1.29, 1.82) is 0 Å². The molecule has 3 rings (SSSR count). The molecule has 0 spiro atoms. The zero-order valence-electron chi connectivity index (χ0n) is 14.4. The second-order valence-electron chi connectivity index (χ2n) is 5.32. The van der Waals surface area contributed by atoms with Crippen molar-refractivity contribution in [3.8, 4) is 17.2 Å². The van der Waals surface area contributed by atoms with Gasteiger partial charge < -0.3 is 14.2 Å². The van der Waals surface area contributed by atoms with Gasteiger partial charge in [-0.1, -0.05) is 23.7 Å². The third-order valence-corrected chi connectivity index (χ3v) is 4.06. The molecular formula is C19H16ClFN2O3. The van der Waals surface area contributed by atoms with Crippen molar-refractivity contribution in [3.05, 3.63) is 52.7 Å². The van der Waals surface area contributed by atoms with Crippen LogP contribution in [0.4, 0.5) is 4.39 Å². The summed E-state index contributed by atoms with van der Waals surface area (Å²) < 4.78 is 29.0. The van der Waals surface area contributed by atoms with E-state index in [1.807, 2.05) is 0 Å². The second kappa shape index (κ2) is 7.58. The van der Waals surface area contributed by atoms with Gasteiger partial charge in [-0.25, -0.2) is 14.4 Å². The highest BCUT2D eigenvalue weighted by Crippen LogP contribution is 2.34. The molecule has 0 saturated carbocycles. The second-order valence-corrected chi connectivity index (χ2v) is 5.68. The summed E-state index contributed by atoms with van der Waals surface area (Å²) in [5.74, 6) is 1.26. The summed E-state index contributed by atoms with van der Waals surface area (Å²) in [5, 5.41) is 0.956. The van der Waals surface area contributed by atoms with E-state index in [0.29, 0.717) is 33.4 Å². The fourth-order valence-corrected chi connectivity index (χ4v) is 2.70. The molecule has 2 aromatic carbocycles. The quantitative estimate of drug-likeness (QED) is 0.610. The first-order valence-electron chi connectivity index (χ1n) is 7.66. The molecule has 0 N–H and O–H groups in total. The monoisotopic (exact) mass is 374 g/mol. The van der Waals surface area contributed by atoms with Gasteiger partial charge in [0.15, 0.2) is 28.9 Å². The van der Waals surface area contributed by atoms with Crippen molar-refractivity contribution in [2.24, 2.45) is 0 Å². The van der Waals surface area contributed by atoms with Crippen LogP contribution in [0.3, 0.4) is 0 Å². The summed E-state index contributed by atoms with van der Waals surface area (Å²) >= 11 is 6.29. The topological polar surface area (TPSA) is 53.5 Å². The number of nitrogens with zero attached hydrogens (tertiary/aromatic N) is 2. The summed E-state index contributed by atoms with van der Waals surface area (Å²) in [7, 11) is 4.52. The molecule has 0 atom stereocenters. The Bertz CT molecular complexity index is 992. The van der Waals surface area contributed by atoms with E-state index in [-0.39, 0.29) is 5.75 Å². The van der Waals surface area contributed by atoms with Gasteiger partial charge in [0.05, 0.1) is 26.8 Å². The smallest absolute Gasteiger partial charge is 0.165 e. The molecule has 0 aliphatic heterocycles. The Morgan fingerprint density at radius 2 is 1.58 bits per heavy atom. The zero-order chi connectivity index (χ0) is 18.7.